The number of anilines is 1. The number of piperazine rings is 1. The van der Waals surface area contributed by atoms with E-state index in [-0.39, 0.29) is 36.8 Å². The number of alkyl halides is 2. The summed E-state index contributed by atoms with van der Waals surface area (Å²) in [5.41, 5.74) is -1.96. The fourth-order valence-corrected chi connectivity index (χ4v) is 3.51. The largest absolute Gasteiger partial charge is 0.382 e. The maximum absolute atomic E-state index is 14.6. The van der Waals surface area contributed by atoms with Crippen LogP contribution in [0.2, 0.25) is 0 Å². The van der Waals surface area contributed by atoms with Gasteiger partial charge in [0.25, 0.3) is 5.92 Å². The van der Waals surface area contributed by atoms with Gasteiger partial charge in [0, 0.05) is 44.2 Å². The van der Waals surface area contributed by atoms with E-state index >= 15 is 0 Å². The number of aromatic amines is 1. The molecule has 1 aliphatic rings. The average Bonchev–Trinajstić information content (AvgIpc) is 3.11. The Balaban J connectivity index is 1.72. The third-order valence-electron chi connectivity index (χ3n) is 5.52. The van der Waals surface area contributed by atoms with Gasteiger partial charge in [0.1, 0.15) is 11.3 Å². The van der Waals surface area contributed by atoms with Crippen LogP contribution in [0.4, 0.5) is 23.4 Å². The minimum Gasteiger partial charge on any atom is -0.382 e. The molecule has 1 fully saturated rings. The molecule has 3 aromatic rings. The molecule has 0 radical (unpaired) electrons. The highest BCUT2D eigenvalue weighted by Gasteiger charge is 2.51. The zero-order valence-corrected chi connectivity index (χ0v) is 16.3. The fourth-order valence-electron chi connectivity index (χ4n) is 3.51. The van der Waals surface area contributed by atoms with E-state index in [0.717, 1.165) is 6.92 Å². The molecule has 2 atom stereocenters. The number of pyridine rings is 2. The second kappa shape index (κ2) is 7.17. The summed E-state index contributed by atoms with van der Waals surface area (Å²) >= 11 is 0. The fraction of sp³-hybridized carbons (Fsp3) is 0.421. The summed E-state index contributed by atoms with van der Waals surface area (Å²) in [6, 6.07) is 2.97. The quantitative estimate of drug-likeness (QED) is 0.558. The molecular formula is C19H20F4N6O. The van der Waals surface area contributed by atoms with E-state index in [1.807, 2.05) is 0 Å². The molecule has 1 saturated heterocycles. The van der Waals surface area contributed by atoms with Crippen LogP contribution >= 0.6 is 0 Å². The zero-order valence-electron chi connectivity index (χ0n) is 16.3. The first kappa shape index (κ1) is 20.5. The predicted molar refractivity (Wildman–Crippen MR) is 102 cm³/mol. The van der Waals surface area contributed by atoms with Gasteiger partial charge in [0.2, 0.25) is 0 Å². The molecule has 0 bridgehead atoms. The Morgan fingerprint density at radius 3 is 2.73 bits per heavy atom. The molecule has 3 N–H and O–H groups in total. The van der Waals surface area contributed by atoms with Gasteiger partial charge in [-0.3, -0.25) is 5.10 Å². The Morgan fingerprint density at radius 1 is 1.23 bits per heavy atom. The Hall–Kier alpha value is -2.79. The number of hydrogen-bond acceptors (Lipinski definition) is 6. The summed E-state index contributed by atoms with van der Waals surface area (Å²) in [4.78, 5) is 9.62. The van der Waals surface area contributed by atoms with Crippen molar-refractivity contribution in [2.75, 3.05) is 24.5 Å². The number of halogens is 4. The molecular weight excluding hydrogens is 404 g/mol. The minimum atomic E-state index is -3.39. The number of rotatable bonds is 4. The Morgan fingerprint density at radius 2 is 2.00 bits per heavy atom. The molecule has 0 aromatic carbocycles. The first-order valence-electron chi connectivity index (χ1n) is 9.33. The smallest absolute Gasteiger partial charge is 0.274 e. The molecule has 4 heterocycles. The van der Waals surface area contributed by atoms with E-state index in [1.54, 1.807) is 12.1 Å². The lowest BCUT2D eigenvalue weighted by molar-refractivity contribution is -0.174. The van der Waals surface area contributed by atoms with Gasteiger partial charge in [-0.15, -0.1) is 0 Å². The van der Waals surface area contributed by atoms with E-state index in [1.165, 1.54) is 11.1 Å². The second-order valence-electron chi connectivity index (χ2n) is 7.59. The average molecular weight is 424 g/mol. The highest BCUT2D eigenvalue weighted by Crippen LogP contribution is 2.34. The molecule has 3 aromatic heterocycles. The third-order valence-corrected chi connectivity index (χ3v) is 5.52. The van der Waals surface area contributed by atoms with Crippen LogP contribution in [0.1, 0.15) is 13.8 Å². The van der Waals surface area contributed by atoms with Gasteiger partial charge in [-0.1, -0.05) is 0 Å². The number of fused-ring (bicyclic) bond motifs is 1. The van der Waals surface area contributed by atoms with Crippen LogP contribution in [0.25, 0.3) is 22.4 Å². The summed E-state index contributed by atoms with van der Waals surface area (Å²) in [7, 11) is 0. The van der Waals surface area contributed by atoms with Gasteiger partial charge < -0.3 is 15.3 Å². The van der Waals surface area contributed by atoms with Gasteiger partial charge in [0.05, 0.1) is 11.7 Å². The molecule has 1 aliphatic heterocycles. The number of H-pyrrole nitrogens is 1. The van der Waals surface area contributed by atoms with Gasteiger partial charge in [0.15, 0.2) is 23.1 Å². The SMILES string of the molecule is CC(F)(F)C(C)(O)C1CN(c2nc(-c3[nH]nc4ncccc34)c(F)cc2F)CCN1. The van der Waals surface area contributed by atoms with Crippen LogP contribution in [0, 0.1) is 11.6 Å². The topological polar surface area (TPSA) is 90.0 Å². The van der Waals surface area contributed by atoms with E-state index in [4.69, 9.17) is 0 Å². The standard InChI is InChI=1S/C19H20F4N6O/c1-18(30,19(2,22)23)13-9-29(7-6-24-13)17-12(21)8-11(20)15(26-17)14-10-4-3-5-25-16(10)28-27-14/h3-5,8,13,24,30H,6-7,9H2,1-2H3,(H,25,27,28). The molecule has 0 amide bonds. The van der Waals surface area contributed by atoms with Crippen LogP contribution in [-0.4, -0.2) is 62.5 Å². The van der Waals surface area contributed by atoms with Crippen LogP contribution in [0.15, 0.2) is 24.4 Å². The number of nitrogens with zero attached hydrogens (tertiary/aromatic N) is 4. The Kier molecular flexibility index (Phi) is 4.89. The van der Waals surface area contributed by atoms with Crippen molar-refractivity contribution in [1.82, 2.24) is 25.5 Å². The lowest BCUT2D eigenvalue weighted by Gasteiger charge is -2.43. The summed E-state index contributed by atoms with van der Waals surface area (Å²) in [6.07, 6.45) is 1.53. The molecule has 0 spiro atoms. The molecule has 30 heavy (non-hydrogen) atoms. The van der Waals surface area contributed by atoms with Crippen LogP contribution in [0.5, 0.6) is 0 Å². The summed E-state index contributed by atoms with van der Waals surface area (Å²) in [6.45, 7) is 1.96. The van der Waals surface area contributed by atoms with Gasteiger partial charge in [-0.2, -0.15) is 5.10 Å². The lowest BCUT2D eigenvalue weighted by Crippen LogP contribution is -2.66. The number of nitrogens with one attached hydrogen (secondary N) is 2. The van der Waals surface area contributed by atoms with Crippen molar-refractivity contribution in [2.24, 2.45) is 0 Å². The number of hydrogen-bond donors (Lipinski definition) is 3. The van der Waals surface area contributed by atoms with Gasteiger partial charge >= 0.3 is 0 Å². The Labute approximate surface area is 169 Å². The summed E-state index contributed by atoms with van der Waals surface area (Å²) in [5.74, 6) is -5.42. The molecule has 2 unspecified atom stereocenters. The van der Waals surface area contributed by atoms with Crippen molar-refractivity contribution in [2.45, 2.75) is 31.4 Å². The van der Waals surface area contributed by atoms with Gasteiger partial charge in [-0.05, 0) is 19.1 Å². The first-order valence-corrected chi connectivity index (χ1v) is 9.33. The van der Waals surface area contributed by atoms with Crippen molar-refractivity contribution < 1.29 is 22.7 Å². The van der Waals surface area contributed by atoms with E-state index in [0.29, 0.717) is 24.0 Å². The van der Waals surface area contributed by atoms with E-state index in [2.05, 4.69) is 25.5 Å². The minimum absolute atomic E-state index is 0.142. The van der Waals surface area contributed by atoms with Gasteiger partial charge in [-0.25, -0.2) is 27.5 Å². The zero-order chi connectivity index (χ0) is 21.7. The molecule has 11 heteroatoms. The van der Waals surface area contributed by atoms with Crippen molar-refractivity contribution in [1.29, 1.82) is 0 Å². The first-order chi connectivity index (χ1) is 14.1. The van der Waals surface area contributed by atoms with E-state index in [9.17, 15) is 22.7 Å². The molecule has 4 rings (SSSR count). The highest BCUT2D eigenvalue weighted by atomic mass is 19.3. The summed E-state index contributed by atoms with van der Waals surface area (Å²) in [5, 5.41) is 20.4. The monoisotopic (exact) mass is 424 g/mol. The third kappa shape index (κ3) is 3.37. The van der Waals surface area contributed by atoms with Crippen molar-refractivity contribution in [3.63, 3.8) is 0 Å². The lowest BCUT2D eigenvalue weighted by atomic mass is 9.88. The van der Waals surface area contributed by atoms with Crippen molar-refractivity contribution in [3.8, 4) is 11.4 Å². The molecule has 7 nitrogen and oxygen atoms in total. The highest BCUT2D eigenvalue weighted by molar-refractivity contribution is 5.89. The number of aliphatic hydroxyl groups is 1. The predicted octanol–water partition coefficient (Wildman–Crippen LogP) is 2.48. The van der Waals surface area contributed by atoms with Crippen molar-refractivity contribution >= 4 is 16.9 Å². The maximum atomic E-state index is 14.6. The molecule has 0 aliphatic carbocycles. The van der Waals surface area contributed by atoms with Crippen molar-refractivity contribution in [3.05, 3.63) is 36.0 Å². The summed E-state index contributed by atoms with van der Waals surface area (Å²) < 4.78 is 56.9. The Bertz CT molecular complexity index is 1080. The van der Waals surface area contributed by atoms with E-state index < -0.39 is 29.2 Å². The molecule has 0 saturated carbocycles. The maximum Gasteiger partial charge on any atom is 0.274 e. The molecule has 160 valence electrons. The van der Waals surface area contributed by atoms with Crippen LogP contribution < -0.4 is 10.2 Å². The number of aromatic nitrogens is 4. The second-order valence-corrected chi connectivity index (χ2v) is 7.59. The van der Waals surface area contributed by atoms with Crippen LogP contribution in [0.3, 0.4) is 0 Å². The van der Waals surface area contributed by atoms with Crippen LogP contribution in [-0.2, 0) is 0 Å². The normalized spacial score (nSPS) is 19.8.